The number of thiazole rings is 1. The molecule has 2 N–H and O–H groups in total. The maximum Gasteiger partial charge on any atom is 0.265 e. The van der Waals surface area contributed by atoms with Gasteiger partial charge in [0.05, 0.1) is 4.90 Å². The third kappa shape index (κ3) is 5.47. The molecule has 0 aliphatic rings. The van der Waals surface area contributed by atoms with Crippen molar-refractivity contribution in [1.82, 2.24) is 4.98 Å². The zero-order chi connectivity index (χ0) is 21.0. The highest BCUT2D eigenvalue weighted by molar-refractivity contribution is 7.93. The topological polar surface area (TPSA) is 97.4 Å². The molecule has 0 bridgehead atoms. The van der Waals surface area contributed by atoms with Gasteiger partial charge in [-0.3, -0.25) is 9.52 Å². The van der Waals surface area contributed by atoms with Gasteiger partial charge in [0.2, 0.25) is 0 Å². The van der Waals surface area contributed by atoms with Gasteiger partial charge in [-0.25, -0.2) is 13.4 Å². The minimum atomic E-state index is -3.74. The number of sulfonamides is 1. The first-order valence-corrected chi connectivity index (χ1v) is 11.2. The molecule has 0 aliphatic heterocycles. The lowest BCUT2D eigenvalue weighted by Gasteiger charge is -2.16. The molecule has 29 heavy (non-hydrogen) atoms. The number of aryl methyl sites for hydroxylation is 1. The fraction of sp³-hybridized carbons (Fsp3) is 0.158. The van der Waals surface area contributed by atoms with Crippen molar-refractivity contribution in [1.29, 1.82) is 0 Å². The lowest BCUT2D eigenvalue weighted by Crippen LogP contribution is -2.30. The van der Waals surface area contributed by atoms with Crippen molar-refractivity contribution in [3.63, 3.8) is 0 Å². The largest absolute Gasteiger partial charge is 0.481 e. The summed E-state index contributed by atoms with van der Waals surface area (Å²) in [5.41, 5.74) is 1.27. The van der Waals surface area contributed by atoms with E-state index in [1.54, 1.807) is 30.5 Å². The first kappa shape index (κ1) is 21.1. The van der Waals surface area contributed by atoms with Crippen LogP contribution in [0.2, 0.25) is 5.02 Å². The number of hydrogen-bond acceptors (Lipinski definition) is 6. The molecule has 3 aromatic rings. The summed E-state index contributed by atoms with van der Waals surface area (Å²) in [6, 6.07) is 11.0. The predicted molar refractivity (Wildman–Crippen MR) is 114 cm³/mol. The van der Waals surface area contributed by atoms with Crippen LogP contribution in [0.5, 0.6) is 5.75 Å². The van der Waals surface area contributed by atoms with E-state index in [9.17, 15) is 13.2 Å². The van der Waals surface area contributed by atoms with Crippen LogP contribution in [0.25, 0.3) is 0 Å². The van der Waals surface area contributed by atoms with Crippen molar-refractivity contribution in [3.8, 4) is 5.75 Å². The number of amides is 1. The number of nitrogens with zero attached hydrogens (tertiary/aromatic N) is 1. The van der Waals surface area contributed by atoms with Crippen molar-refractivity contribution in [2.75, 3.05) is 10.0 Å². The Hall–Kier alpha value is -2.62. The molecule has 3 rings (SSSR count). The molecule has 0 fully saturated rings. The van der Waals surface area contributed by atoms with Crippen LogP contribution in [0, 0.1) is 6.92 Å². The summed E-state index contributed by atoms with van der Waals surface area (Å²) in [5, 5.41) is 5.25. The quantitative estimate of drug-likeness (QED) is 0.557. The Morgan fingerprint density at radius 2 is 1.93 bits per heavy atom. The number of halogens is 1. The van der Waals surface area contributed by atoms with Crippen molar-refractivity contribution in [2.24, 2.45) is 0 Å². The number of aromatic nitrogens is 1. The minimum Gasteiger partial charge on any atom is -0.481 e. The van der Waals surface area contributed by atoms with Gasteiger partial charge in [0.1, 0.15) is 5.75 Å². The first-order valence-electron chi connectivity index (χ1n) is 8.50. The van der Waals surface area contributed by atoms with Crippen molar-refractivity contribution < 1.29 is 17.9 Å². The Labute approximate surface area is 177 Å². The summed E-state index contributed by atoms with van der Waals surface area (Å²) in [7, 11) is -3.74. The molecule has 0 aliphatic carbocycles. The van der Waals surface area contributed by atoms with E-state index in [1.807, 2.05) is 6.92 Å². The molecule has 10 heteroatoms. The van der Waals surface area contributed by atoms with Crippen LogP contribution < -0.4 is 14.8 Å². The van der Waals surface area contributed by atoms with Crippen LogP contribution in [0.15, 0.2) is 58.9 Å². The molecule has 0 saturated carbocycles. The fourth-order valence-electron chi connectivity index (χ4n) is 2.40. The molecule has 1 amide bonds. The molecule has 0 saturated heterocycles. The van der Waals surface area contributed by atoms with Gasteiger partial charge < -0.3 is 10.1 Å². The molecule has 152 valence electrons. The lowest BCUT2D eigenvalue weighted by atomic mass is 10.2. The summed E-state index contributed by atoms with van der Waals surface area (Å²) in [5.74, 6) is 0.197. The zero-order valence-electron chi connectivity index (χ0n) is 15.5. The Morgan fingerprint density at radius 3 is 2.55 bits per heavy atom. The maximum absolute atomic E-state index is 12.4. The van der Waals surface area contributed by atoms with E-state index in [4.69, 9.17) is 16.3 Å². The monoisotopic (exact) mass is 451 g/mol. The van der Waals surface area contributed by atoms with Crippen LogP contribution in [0.3, 0.4) is 0 Å². The number of carbonyl (C=O) groups excluding carboxylic acids is 1. The number of rotatable bonds is 7. The summed E-state index contributed by atoms with van der Waals surface area (Å²) in [4.78, 5) is 16.3. The van der Waals surface area contributed by atoms with E-state index in [-0.39, 0.29) is 15.9 Å². The number of hydrogen-bond donors (Lipinski definition) is 2. The van der Waals surface area contributed by atoms with Gasteiger partial charge in [-0.15, -0.1) is 11.3 Å². The fourth-order valence-corrected chi connectivity index (χ4v) is 4.41. The second kappa shape index (κ2) is 8.81. The molecule has 2 aromatic carbocycles. The second-order valence-corrected chi connectivity index (χ2v) is 9.14. The second-order valence-electron chi connectivity index (χ2n) is 6.13. The number of carbonyl (C=O) groups is 1. The highest BCUT2D eigenvalue weighted by Gasteiger charge is 2.18. The number of anilines is 2. The minimum absolute atomic E-state index is 0.0618. The molecule has 1 atom stereocenters. The molecular formula is C19H18ClN3O4S2. The SMILES string of the molecule is Cc1cc(Cl)ccc1OC(C)C(=O)Nc1ccc(S(=O)(=O)Nc2nccs2)cc1. The Morgan fingerprint density at radius 1 is 1.21 bits per heavy atom. The highest BCUT2D eigenvalue weighted by Crippen LogP contribution is 2.23. The van der Waals surface area contributed by atoms with Crippen LogP contribution in [0.4, 0.5) is 10.8 Å². The van der Waals surface area contributed by atoms with Gasteiger partial charge in [0.15, 0.2) is 11.2 Å². The number of benzene rings is 2. The molecule has 1 heterocycles. The lowest BCUT2D eigenvalue weighted by molar-refractivity contribution is -0.122. The van der Waals surface area contributed by atoms with Crippen LogP contribution in [-0.2, 0) is 14.8 Å². The molecule has 0 radical (unpaired) electrons. The third-order valence-electron chi connectivity index (χ3n) is 3.90. The Kier molecular flexibility index (Phi) is 6.41. The summed E-state index contributed by atoms with van der Waals surface area (Å²) in [6.45, 7) is 3.46. The van der Waals surface area contributed by atoms with Crippen LogP contribution in [-0.4, -0.2) is 25.4 Å². The van der Waals surface area contributed by atoms with Crippen molar-refractivity contribution >= 4 is 49.7 Å². The van der Waals surface area contributed by atoms with E-state index in [1.165, 1.54) is 41.8 Å². The molecule has 7 nitrogen and oxygen atoms in total. The van der Waals surface area contributed by atoms with Gasteiger partial charge in [-0.05, 0) is 61.9 Å². The van der Waals surface area contributed by atoms with Crippen molar-refractivity contribution in [2.45, 2.75) is 24.8 Å². The maximum atomic E-state index is 12.4. The number of nitrogens with one attached hydrogen (secondary N) is 2. The van der Waals surface area contributed by atoms with Gasteiger partial charge >= 0.3 is 0 Å². The Bertz CT molecular complexity index is 1100. The molecular weight excluding hydrogens is 434 g/mol. The summed E-state index contributed by atoms with van der Waals surface area (Å²) >= 11 is 7.10. The average Bonchev–Trinajstić information content (AvgIpc) is 3.16. The molecule has 1 unspecified atom stereocenters. The standard InChI is InChI=1S/C19H18ClN3O4S2/c1-12-11-14(20)3-8-17(12)27-13(2)18(24)22-15-4-6-16(7-5-15)29(25,26)23-19-21-9-10-28-19/h3-11,13H,1-2H3,(H,21,23)(H,22,24). The van der Waals surface area contributed by atoms with Gasteiger partial charge in [-0.1, -0.05) is 11.6 Å². The van der Waals surface area contributed by atoms with E-state index in [0.717, 1.165) is 5.56 Å². The highest BCUT2D eigenvalue weighted by atomic mass is 35.5. The summed E-state index contributed by atoms with van der Waals surface area (Å²) in [6.07, 6.45) is 0.750. The third-order valence-corrected chi connectivity index (χ3v) is 6.30. The van der Waals surface area contributed by atoms with Gasteiger partial charge in [-0.2, -0.15) is 0 Å². The zero-order valence-corrected chi connectivity index (χ0v) is 17.9. The number of ether oxygens (including phenoxy) is 1. The van der Waals surface area contributed by atoms with Gasteiger partial charge in [0, 0.05) is 22.3 Å². The van der Waals surface area contributed by atoms with E-state index in [2.05, 4.69) is 15.0 Å². The van der Waals surface area contributed by atoms with E-state index >= 15 is 0 Å². The summed E-state index contributed by atoms with van der Waals surface area (Å²) < 4.78 is 32.8. The predicted octanol–water partition coefficient (Wildman–Crippen LogP) is 4.31. The van der Waals surface area contributed by atoms with E-state index in [0.29, 0.717) is 16.5 Å². The normalized spacial score (nSPS) is 12.2. The average molecular weight is 452 g/mol. The first-order chi connectivity index (χ1) is 13.7. The Balaban J connectivity index is 1.63. The van der Waals surface area contributed by atoms with E-state index < -0.39 is 16.1 Å². The van der Waals surface area contributed by atoms with Crippen LogP contribution >= 0.6 is 22.9 Å². The van der Waals surface area contributed by atoms with Gasteiger partial charge in [0.25, 0.3) is 15.9 Å². The smallest absolute Gasteiger partial charge is 0.265 e. The molecule has 0 spiro atoms. The van der Waals surface area contributed by atoms with Crippen molar-refractivity contribution in [3.05, 3.63) is 64.6 Å². The molecule has 1 aromatic heterocycles. The van der Waals surface area contributed by atoms with Crippen LogP contribution in [0.1, 0.15) is 12.5 Å².